The zero-order chi connectivity index (χ0) is 10.8. The van der Waals surface area contributed by atoms with Gasteiger partial charge in [-0.2, -0.15) is 0 Å². The minimum Gasteiger partial charge on any atom is -0.0850 e. The van der Waals surface area contributed by atoms with Gasteiger partial charge < -0.3 is 0 Å². The van der Waals surface area contributed by atoms with Crippen LogP contribution in [-0.4, -0.2) is 0 Å². The van der Waals surface area contributed by atoms with Gasteiger partial charge in [0, 0.05) is 0 Å². The second-order valence-electron chi connectivity index (χ2n) is 6.88. The van der Waals surface area contributed by atoms with E-state index in [4.69, 9.17) is 0 Å². The lowest BCUT2D eigenvalue weighted by Gasteiger charge is -2.25. The van der Waals surface area contributed by atoms with Gasteiger partial charge in [-0.3, -0.25) is 0 Å². The Morgan fingerprint density at radius 2 is 2.00 bits per heavy atom. The van der Waals surface area contributed by atoms with Crippen LogP contribution in [0.25, 0.3) is 0 Å². The van der Waals surface area contributed by atoms with Crippen LogP contribution in [0.1, 0.15) is 47.0 Å². The maximum atomic E-state index is 2.56. The Morgan fingerprint density at radius 1 is 1.27 bits per heavy atom. The van der Waals surface area contributed by atoms with E-state index in [0.29, 0.717) is 5.41 Å². The molecule has 0 radical (unpaired) electrons. The van der Waals surface area contributed by atoms with E-state index in [1.807, 2.05) is 0 Å². The molecule has 5 atom stereocenters. The highest BCUT2D eigenvalue weighted by Gasteiger charge is 2.63. The van der Waals surface area contributed by atoms with E-state index in [9.17, 15) is 0 Å². The molecule has 0 saturated heterocycles. The topological polar surface area (TPSA) is 0 Å². The van der Waals surface area contributed by atoms with E-state index in [2.05, 4.69) is 33.8 Å². The highest BCUT2D eigenvalue weighted by atomic mass is 14.7. The van der Waals surface area contributed by atoms with Crippen molar-refractivity contribution >= 4 is 0 Å². The maximum Gasteiger partial charge on any atom is -0.0172 e. The molecular formula is C15H24. The highest BCUT2D eigenvalue weighted by Crippen LogP contribution is 2.69. The fraction of sp³-hybridized carbons (Fsp3) is 0.867. The fourth-order valence-corrected chi connectivity index (χ4v) is 4.82. The van der Waals surface area contributed by atoms with Crippen molar-refractivity contribution in [2.75, 3.05) is 0 Å². The molecule has 0 spiro atoms. The van der Waals surface area contributed by atoms with Crippen LogP contribution in [-0.2, 0) is 0 Å². The molecule has 2 fully saturated rings. The standard InChI is InChI=1S/C15H24/c1-9-6-8-12-14(15(12,3)4)13-10(2)5-7-11(9)13/h6,10-14H,5,7-8H2,1-4H3/t10-,11+,12-,13+,14-/m0/s1. The third-order valence-corrected chi connectivity index (χ3v) is 5.89. The van der Waals surface area contributed by atoms with Gasteiger partial charge in [-0.15, -0.1) is 0 Å². The van der Waals surface area contributed by atoms with Gasteiger partial charge in [-0.1, -0.05) is 32.4 Å². The van der Waals surface area contributed by atoms with Crippen LogP contribution in [0.2, 0.25) is 0 Å². The molecule has 3 aliphatic rings. The number of fused-ring (bicyclic) bond motifs is 3. The summed E-state index contributed by atoms with van der Waals surface area (Å²) in [5, 5.41) is 0. The molecule has 3 rings (SSSR count). The molecule has 0 aromatic carbocycles. The van der Waals surface area contributed by atoms with E-state index in [1.54, 1.807) is 5.57 Å². The summed E-state index contributed by atoms with van der Waals surface area (Å²) in [5.41, 5.74) is 2.37. The molecule has 0 unspecified atom stereocenters. The van der Waals surface area contributed by atoms with Gasteiger partial charge in [0.15, 0.2) is 0 Å². The Balaban J connectivity index is 1.96. The summed E-state index contributed by atoms with van der Waals surface area (Å²) in [6.07, 6.45) is 6.87. The number of allylic oxidation sites excluding steroid dienone is 2. The first-order valence-corrected chi connectivity index (χ1v) is 6.70. The van der Waals surface area contributed by atoms with Crippen molar-refractivity contribution in [3.63, 3.8) is 0 Å². The Kier molecular flexibility index (Phi) is 1.92. The van der Waals surface area contributed by atoms with Crippen LogP contribution in [0.4, 0.5) is 0 Å². The first-order valence-electron chi connectivity index (χ1n) is 6.70. The summed E-state index contributed by atoms with van der Waals surface area (Å²) in [7, 11) is 0. The normalized spacial score (nSPS) is 51.5. The second-order valence-corrected chi connectivity index (χ2v) is 6.88. The third-order valence-electron chi connectivity index (χ3n) is 5.89. The molecule has 3 aliphatic carbocycles. The van der Waals surface area contributed by atoms with Gasteiger partial charge in [-0.25, -0.2) is 0 Å². The molecule has 0 aliphatic heterocycles. The molecule has 0 heteroatoms. The van der Waals surface area contributed by atoms with Crippen LogP contribution in [0, 0.1) is 35.0 Å². The van der Waals surface area contributed by atoms with E-state index in [-0.39, 0.29) is 0 Å². The highest BCUT2D eigenvalue weighted by molar-refractivity contribution is 5.22. The smallest absolute Gasteiger partial charge is 0.0172 e. The van der Waals surface area contributed by atoms with Crippen molar-refractivity contribution in [3.05, 3.63) is 11.6 Å². The number of hydrogen-bond acceptors (Lipinski definition) is 0. The van der Waals surface area contributed by atoms with E-state index < -0.39 is 0 Å². The van der Waals surface area contributed by atoms with Crippen molar-refractivity contribution in [2.45, 2.75) is 47.0 Å². The van der Waals surface area contributed by atoms with E-state index in [1.165, 1.54) is 19.3 Å². The quantitative estimate of drug-likeness (QED) is 0.517. The molecule has 0 amide bonds. The lowest BCUT2D eigenvalue weighted by molar-refractivity contribution is 0.279. The van der Waals surface area contributed by atoms with Crippen LogP contribution in [0.5, 0.6) is 0 Å². The molecule has 0 bridgehead atoms. The van der Waals surface area contributed by atoms with Gasteiger partial charge >= 0.3 is 0 Å². The first-order chi connectivity index (χ1) is 7.03. The third kappa shape index (κ3) is 1.20. The summed E-state index contributed by atoms with van der Waals surface area (Å²) in [6, 6.07) is 0. The predicted octanol–water partition coefficient (Wildman–Crippen LogP) is 4.27. The summed E-state index contributed by atoms with van der Waals surface area (Å²) >= 11 is 0. The minimum atomic E-state index is 0.652. The first kappa shape index (κ1) is 9.93. The minimum absolute atomic E-state index is 0.652. The summed E-state index contributed by atoms with van der Waals surface area (Å²) in [6.45, 7) is 9.88. The van der Waals surface area contributed by atoms with Gasteiger partial charge in [-0.05, 0) is 61.2 Å². The van der Waals surface area contributed by atoms with Crippen LogP contribution in [0.3, 0.4) is 0 Å². The van der Waals surface area contributed by atoms with Gasteiger partial charge in [0.1, 0.15) is 0 Å². The molecular weight excluding hydrogens is 180 g/mol. The zero-order valence-corrected chi connectivity index (χ0v) is 10.6. The Morgan fingerprint density at radius 3 is 2.73 bits per heavy atom. The van der Waals surface area contributed by atoms with Gasteiger partial charge in [0.25, 0.3) is 0 Å². The van der Waals surface area contributed by atoms with Crippen molar-refractivity contribution in [2.24, 2.45) is 35.0 Å². The number of rotatable bonds is 0. The molecule has 0 aromatic heterocycles. The molecule has 0 nitrogen and oxygen atoms in total. The summed E-state index contributed by atoms with van der Waals surface area (Å²) in [5.74, 6) is 4.97. The Hall–Kier alpha value is -0.260. The van der Waals surface area contributed by atoms with Crippen LogP contribution in [0.15, 0.2) is 11.6 Å². The van der Waals surface area contributed by atoms with Crippen molar-refractivity contribution < 1.29 is 0 Å². The lowest BCUT2D eigenvalue weighted by Crippen LogP contribution is -2.18. The van der Waals surface area contributed by atoms with Crippen LogP contribution >= 0.6 is 0 Å². The van der Waals surface area contributed by atoms with Crippen molar-refractivity contribution in [1.29, 1.82) is 0 Å². The van der Waals surface area contributed by atoms with Gasteiger partial charge in [0.05, 0.1) is 0 Å². The largest absolute Gasteiger partial charge is 0.0850 e. The predicted molar refractivity (Wildman–Crippen MR) is 64.5 cm³/mol. The zero-order valence-electron chi connectivity index (χ0n) is 10.6. The fourth-order valence-electron chi connectivity index (χ4n) is 4.82. The molecule has 2 saturated carbocycles. The molecule has 84 valence electrons. The molecule has 0 N–H and O–H groups in total. The SMILES string of the molecule is CC1=CC[C@H]2[C@@H]([C@H]3[C@@H]1CC[C@@H]3C)C2(C)C. The Labute approximate surface area is 94.1 Å². The van der Waals surface area contributed by atoms with E-state index in [0.717, 1.165) is 29.6 Å². The average molecular weight is 204 g/mol. The van der Waals surface area contributed by atoms with Gasteiger partial charge in [0.2, 0.25) is 0 Å². The summed E-state index contributed by atoms with van der Waals surface area (Å²) < 4.78 is 0. The molecule has 15 heavy (non-hydrogen) atoms. The maximum absolute atomic E-state index is 2.56. The molecule has 0 heterocycles. The average Bonchev–Trinajstić information content (AvgIpc) is 2.55. The number of hydrogen-bond donors (Lipinski definition) is 0. The van der Waals surface area contributed by atoms with Crippen LogP contribution < -0.4 is 0 Å². The monoisotopic (exact) mass is 204 g/mol. The Bertz CT molecular complexity index is 310. The molecule has 0 aromatic rings. The lowest BCUT2D eigenvalue weighted by atomic mass is 9.80. The van der Waals surface area contributed by atoms with E-state index >= 15 is 0 Å². The second kappa shape index (κ2) is 2.90. The van der Waals surface area contributed by atoms with Crippen molar-refractivity contribution in [3.8, 4) is 0 Å². The van der Waals surface area contributed by atoms with Crippen molar-refractivity contribution in [1.82, 2.24) is 0 Å². The summed E-state index contributed by atoms with van der Waals surface area (Å²) in [4.78, 5) is 0.